The van der Waals surface area contributed by atoms with Gasteiger partial charge in [-0.15, -0.1) is 11.3 Å². The average Bonchev–Trinajstić information content (AvgIpc) is 3.89. The zero-order valence-corrected chi connectivity index (χ0v) is 33.3. The first kappa shape index (κ1) is 33.5. The van der Waals surface area contributed by atoms with Crippen molar-refractivity contribution in [2.24, 2.45) is 0 Å². The molecular formula is C58H34OS. The van der Waals surface area contributed by atoms with E-state index in [1.165, 1.54) is 102 Å². The molecule has 2 heteroatoms. The maximum atomic E-state index is 6.86. The van der Waals surface area contributed by atoms with Crippen molar-refractivity contribution in [2.45, 2.75) is 0 Å². The minimum Gasteiger partial charge on any atom is -0.454 e. The van der Waals surface area contributed by atoms with Gasteiger partial charge in [0.05, 0.1) is 4.70 Å². The lowest BCUT2D eigenvalue weighted by Crippen LogP contribution is -1.91. The predicted octanol–water partition coefficient (Wildman–Crippen LogP) is 17.2. The molecule has 0 bridgehead atoms. The van der Waals surface area contributed by atoms with E-state index in [4.69, 9.17) is 4.42 Å². The molecule has 0 aliphatic rings. The highest BCUT2D eigenvalue weighted by Crippen LogP contribution is 2.47. The van der Waals surface area contributed by atoms with Crippen LogP contribution in [0.25, 0.3) is 130 Å². The average molecular weight is 779 g/mol. The van der Waals surface area contributed by atoms with Gasteiger partial charge in [0, 0.05) is 31.6 Å². The highest BCUT2D eigenvalue weighted by atomic mass is 32.1. The fourth-order valence-corrected chi connectivity index (χ4v) is 11.2. The first-order valence-electron chi connectivity index (χ1n) is 20.6. The van der Waals surface area contributed by atoms with Crippen molar-refractivity contribution in [3.63, 3.8) is 0 Å². The van der Waals surface area contributed by atoms with Crippen molar-refractivity contribution in [1.82, 2.24) is 0 Å². The Morgan fingerprint density at radius 1 is 0.283 bits per heavy atom. The molecule has 0 radical (unpaired) electrons. The third-order valence-electron chi connectivity index (χ3n) is 12.7. The zero-order valence-electron chi connectivity index (χ0n) is 32.4. The summed E-state index contributed by atoms with van der Waals surface area (Å²) in [5.74, 6) is 0. The number of hydrogen-bond donors (Lipinski definition) is 0. The Bertz CT molecular complexity index is 3820. The third-order valence-corrected chi connectivity index (χ3v) is 13.8. The monoisotopic (exact) mass is 778 g/mol. The van der Waals surface area contributed by atoms with Crippen LogP contribution >= 0.6 is 11.3 Å². The molecule has 278 valence electrons. The summed E-state index contributed by atoms with van der Waals surface area (Å²) in [6, 6.07) is 75.7. The molecule has 0 fully saturated rings. The van der Waals surface area contributed by atoms with E-state index in [0.29, 0.717) is 0 Å². The molecule has 60 heavy (non-hydrogen) atoms. The van der Waals surface area contributed by atoms with E-state index in [1.54, 1.807) is 0 Å². The highest BCUT2D eigenvalue weighted by molar-refractivity contribution is 7.26. The van der Waals surface area contributed by atoms with E-state index in [0.717, 1.165) is 27.3 Å². The Kier molecular flexibility index (Phi) is 7.24. The second-order valence-corrected chi connectivity index (χ2v) is 16.9. The van der Waals surface area contributed by atoms with Crippen molar-refractivity contribution in [3.8, 4) is 44.5 Å². The normalized spacial score (nSPS) is 12.0. The lowest BCUT2D eigenvalue weighted by molar-refractivity contribution is 0.677. The fraction of sp³-hybridized carbons (Fsp3) is 0. The molecule has 0 saturated heterocycles. The topological polar surface area (TPSA) is 13.1 Å². The maximum Gasteiger partial charge on any atom is 0.153 e. The molecule has 0 aliphatic carbocycles. The van der Waals surface area contributed by atoms with E-state index in [1.807, 2.05) is 11.3 Å². The summed E-state index contributed by atoms with van der Waals surface area (Å²) in [6.07, 6.45) is 0. The molecular weight excluding hydrogens is 745 g/mol. The summed E-state index contributed by atoms with van der Waals surface area (Å²) < 4.78 is 9.35. The van der Waals surface area contributed by atoms with Crippen LogP contribution in [0.15, 0.2) is 211 Å². The summed E-state index contributed by atoms with van der Waals surface area (Å²) in [5.41, 5.74) is 11.7. The van der Waals surface area contributed by atoms with Crippen molar-refractivity contribution in [1.29, 1.82) is 0 Å². The van der Waals surface area contributed by atoms with Gasteiger partial charge in [-0.2, -0.15) is 0 Å². The van der Waals surface area contributed by atoms with Gasteiger partial charge >= 0.3 is 0 Å². The lowest BCUT2D eigenvalue weighted by Gasteiger charge is -2.18. The van der Waals surface area contributed by atoms with Gasteiger partial charge in [-0.3, -0.25) is 0 Å². The zero-order chi connectivity index (χ0) is 39.3. The predicted molar refractivity (Wildman–Crippen MR) is 258 cm³/mol. The Hall–Kier alpha value is -7.52. The molecule has 0 saturated carbocycles. The van der Waals surface area contributed by atoms with Crippen molar-refractivity contribution < 1.29 is 4.42 Å². The molecule has 2 aromatic heterocycles. The van der Waals surface area contributed by atoms with Gasteiger partial charge < -0.3 is 4.42 Å². The minimum absolute atomic E-state index is 0.951. The van der Waals surface area contributed by atoms with Gasteiger partial charge in [-0.05, 0) is 106 Å². The summed E-state index contributed by atoms with van der Waals surface area (Å²) in [7, 11) is 0. The SMILES string of the molecule is c1cc(-c2cccc3ccccc23)cc(-c2c3ccccc3c(-c3ccc(-c4cc5c6ccc7c8ccccc8sc7c6oc5c5ccccc45)cc3)c3ccccc23)c1. The molecule has 0 atom stereocenters. The van der Waals surface area contributed by atoms with Crippen LogP contribution in [-0.4, -0.2) is 0 Å². The molecule has 0 amide bonds. The molecule has 0 N–H and O–H groups in total. The van der Waals surface area contributed by atoms with E-state index in [-0.39, 0.29) is 0 Å². The quantitative estimate of drug-likeness (QED) is 0.162. The van der Waals surface area contributed by atoms with Gasteiger partial charge in [0.2, 0.25) is 0 Å². The van der Waals surface area contributed by atoms with Gasteiger partial charge in [0.15, 0.2) is 5.58 Å². The third kappa shape index (κ3) is 4.92. The van der Waals surface area contributed by atoms with Gasteiger partial charge in [-0.1, -0.05) is 182 Å². The molecule has 0 spiro atoms. The van der Waals surface area contributed by atoms with Crippen LogP contribution in [0.2, 0.25) is 0 Å². The van der Waals surface area contributed by atoms with E-state index in [9.17, 15) is 0 Å². The Balaban J connectivity index is 0.975. The summed E-state index contributed by atoms with van der Waals surface area (Å²) >= 11 is 1.82. The number of furan rings is 1. The molecule has 0 unspecified atom stereocenters. The number of benzene rings is 11. The molecule has 1 nitrogen and oxygen atoms in total. The van der Waals surface area contributed by atoms with Crippen LogP contribution in [-0.2, 0) is 0 Å². The van der Waals surface area contributed by atoms with Crippen LogP contribution in [0.5, 0.6) is 0 Å². The van der Waals surface area contributed by atoms with E-state index >= 15 is 0 Å². The second-order valence-electron chi connectivity index (χ2n) is 15.9. The largest absolute Gasteiger partial charge is 0.454 e. The number of rotatable bonds is 4. The van der Waals surface area contributed by atoms with E-state index in [2.05, 4.69) is 206 Å². The lowest BCUT2D eigenvalue weighted by atomic mass is 9.85. The highest BCUT2D eigenvalue weighted by Gasteiger charge is 2.20. The van der Waals surface area contributed by atoms with Crippen LogP contribution in [0, 0.1) is 0 Å². The van der Waals surface area contributed by atoms with Crippen LogP contribution in [0.1, 0.15) is 0 Å². The Morgan fingerprint density at radius 2 is 0.817 bits per heavy atom. The number of thiophene rings is 1. The van der Waals surface area contributed by atoms with Crippen LogP contribution in [0.4, 0.5) is 0 Å². The summed E-state index contributed by atoms with van der Waals surface area (Å²) in [6.45, 7) is 0. The fourth-order valence-electron chi connectivity index (χ4n) is 9.96. The molecule has 11 aromatic carbocycles. The second kappa shape index (κ2) is 13.0. The minimum atomic E-state index is 0.951. The first-order chi connectivity index (χ1) is 29.8. The Labute approximate surface area is 350 Å². The van der Waals surface area contributed by atoms with Gasteiger partial charge in [-0.25, -0.2) is 0 Å². The molecule has 0 aliphatic heterocycles. The summed E-state index contributed by atoms with van der Waals surface area (Å²) in [4.78, 5) is 0. The molecule has 13 aromatic rings. The van der Waals surface area contributed by atoms with Crippen molar-refractivity contribution in [2.75, 3.05) is 0 Å². The van der Waals surface area contributed by atoms with E-state index < -0.39 is 0 Å². The molecule has 2 heterocycles. The van der Waals surface area contributed by atoms with Crippen LogP contribution < -0.4 is 0 Å². The molecule has 13 rings (SSSR count). The Morgan fingerprint density at radius 3 is 1.57 bits per heavy atom. The van der Waals surface area contributed by atoms with Crippen LogP contribution in [0.3, 0.4) is 0 Å². The maximum absolute atomic E-state index is 6.86. The summed E-state index contributed by atoms with van der Waals surface area (Å²) in [5, 5.41) is 14.7. The van der Waals surface area contributed by atoms with Gasteiger partial charge in [0.25, 0.3) is 0 Å². The smallest absolute Gasteiger partial charge is 0.153 e. The standard InChI is InChI=1S/C58H34OS/c1-2-17-40-35(13-1)14-12-25-41(40)38-15-11-16-39(33-38)55-46-22-6-4-20-44(46)54(45-21-5-7-23-47(45)55)37-29-27-36(28-30-37)51-34-52-49-31-32-50-43-19-9-10-26-53(43)60-58(50)57(49)59-56(52)48-24-8-3-18-42(48)51/h1-34H. The van der Waals surface area contributed by atoms with Gasteiger partial charge in [0.1, 0.15) is 5.58 Å². The number of fused-ring (bicyclic) bond motifs is 12. The number of hydrogen-bond acceptors (Lipinski definition) is 2. The van der Waals surface area contributed by atoms with Crippen molar-refractivity contribution in [3.05, 3.63) is 206 Å². The van der Waals surface area contributed by atoms with Crippen molar-refractivity contribution >= 4 is 96.5 Å². The first-order valence-corrected chi connectivity index (χ1v) is 21.4.